The van der Waals surface area contributed by atoms with Gasteiger partial charge in [0.2, 0.25) is 5.82 Å². The lowest BCUT2D eigenvalue weighted by atomic mass is 10.2. The summed E-state index contributed by atoms with van der Waals surface area (Å²) >= 11 is 5.70. The molecule has 0 heterocycles. The maximum atomic E-state index is 13.9. The van der Waals surface area contributed by atoms with E-state index in [1.165, 1.54) is 24.3 Å². The van der Waals surface area contributed by atoms with Crippen molar-refractivity contribution >= 4 is 17.4 Å². The highest BCUT2D eigenvalue weighted by Crippen LogP contribution is 2.37. The van der Waals surface area contributed by atoms with Crippen LogP contribution in [-0.4, -0.2) is 11.9 Å². The summed E-state index contributed by atoms with van der Waals surface area (Å²) in [5.41, 5.74) is -0.528. The lowest BCUT2D eigenvalue weighted by molar-refractivity contribution is -0.120. The zero-order valence-corrected chi connectivity index (χ0v) is 14.2. The number of rotatable bonds is 6. The van der Waals surface area contributed by atoms with E-state index in [1.807, 2.05) is 0 Å². The molecule has 0 spiro atoms. The van der Waals surface area contributed by atoms with Crippen molar-refractivity contribution in [2.75, 3.05) is 0 Å². The molecule has 0 aliphatic carbocycles. The molecule has 25 heavy (non-hydrogen) atoms. The van der Waals surface area contributed by atoms with E-state index in [-0.39, 0.29) is 11.5 Å². The van der Waals surface area contributed by atoms with Crippen molar-refractivity contribution < 1.29 is 27.4 Å². The Bertz CT molecular complexity index is 790. The first-order valence-corrected chi connectivity index (χ1v) is 7.57. The topological polar surface area (TPSA) is 35.5 Å². The van der Waals surface area contributed by atoms with Crippen molar-refractivity contribution in [2.24, 2.45) is 0 Å². The van der Waals surface area contributed by atoms with Crippen LogP contribution in [0.3, 0.4) is 0 Å². The SMILES string of the molecule is C=CC(=O)C(C)Oc1ccc(Oc2c(F)c(F)c(C)c(F)c2Cl)cc1. The standard InChI is InChI=1S/C18H14ClF3O3/c1-4-13(23)10(3)24-11-5-7-12(8-6-11)25-18-14(19)15(20)9(2)16(21)17(18)22/h4-8,10H,1H2,2-3H3. The predicted molar refractivity (Wildman–Crippen MR) is 87.9 cm³/mol. The Labute approximate surface area is 147 Å². The van der Waals surface area contributed by atoms with E-state index in [4.69, 9.17) is 21.1 Å². The van der Waals surface area contributed by atoms with Crippen molar-refractivity contribution in [3.05, 3.63) is 65.0 Å². The Morgan fingerprint density at radius 1 is 1.12 bits per heavy atom. The van der Waals surface area contributed by atoms with E-state index in [9.17, 15) is 18.0 Å². The fraction of sp³-hybridized carbons (Fsp3) is 0.167. The Balaban J connectivity index is 2.23. The summed E-state index contributed by atoms with van der Waals surface area (Å²) < 4.78 is 51.9. The summed E-state index contributed by atoms with van der Waals surface area (Å²) in [5.74, 6) is -4.44. The number of halogens is 4. The highest BCUT2D eigenvalue weighted by molar-refractivity contribution is 6.32. The quantitative estimate of drug-likeness (QED) is 0.506. The summed E-state index contributed by atoms with van der Waals surface area (Å²) in [6.45, 7) is 5.99. The number of benzene rings is 2. The first-order valence-electron chi connectivity index (χ1n) is 7.19. The predicted octanol–water partition coefficient (Wildman–Crippen LogP) is 5.38. The van der Waals surface area contributed by atoms with Crippen LogP contribution in [-0.2, 0) is 4.79 Å². The maximum Gasteiger partial charge on any atom is 0.203 e. The second-order valence-corrected chi connectivity index (χ2v) is 5.53. The smallest absolute Gasteiger partial charge is 0.203 e. The van der Waals surface area contributed by atoms with Gasteiger partial charge in [0.1, 0.15) is 16.5 Å². The minimum absolute atomic E-state index is 0.0819. The molecule has 0 saturated carbocycles. The van der Waals surface area contributed by atoms with Gasteiger partial charge in [-0.15, -0.1) is 0 Å². The molecule has 7 heteroatoms. The minimum atomic E-state index is -1.38. The van der Waals surface area contributed by atoms with E-state index in [0.717, 1.165) is 13.0 Å². The molecule has 0 aliphatic rings. The fourth-order valence-corrected chi connectivity index (χ4v) is 2.21. The minimum Gasteiger partial charge on any atom is -0.483 e. The van der Waals surface area contributed by atoms with Crippen molar-refractivity contribution in [1.82, 2.24) is 0 Å². The van der Waals surface area contributed by atoms with Crippen LogP contribution in [0.15, 0.2) is 36.9 Å². The molecule has 0 fully saturated rings. The third-order valence-corrected chi connectivity index (χ3v) is 3.74. The number of carbonyl (C=O) groups excluding carboxylic acids is 1. The zero-order chi connectivity index (χ0) is 18.7. The normalized spacial score (nSPS) is 11.8. The van der Waals surface area contributed by atoms with Gasteiger partial charge < -0.3 is 9.47 Å². The first kappa shape index (κ1) is 18.9. The fourth-order valence-electron chi connectivity index (χ4n) is 1.94. The van der Waals surface area contributed by atoms with E-state index < -0.39 is 39.9 Å². The van der Waals surface area contributed by atoms with E-state index in [1.54, 1.807) is 6.92 Å². The third kappa shape index (κ3) is 3.96. The summed E-state index contributed by atoms with van der Waals surface area (Å²) in [5, 5.41) is -0.651. The Kier molecular flexibility index (Phi) is 5.74. The summed E-state index contributed by atoms with van der Waals surface area (Å²) in [4.78, 5) is 11.4. The molecule has 0 amide bonds. The molecule has 1 unspecified atom stereocenters. The van der Waals surface area contributed by atoms with Crippen LogP contribution >= 0.6 is 11.6 Å². The Hall–Kier alpha value is -2.47. The van der Waals surface area contributed by atoms with Gasteiger partial charge in [0.05, 0.1) is 0 Å². The first-order chi connectivity index (χ1) is 11.8. The van der Waals surface area contributed by atoms with Crippen LogP contribution in [0.5, 0.6) is 17.2 Å². The second-order valence-electron chi connectivity index (χ2n) is 5.15. The highest BCUT2D eigenvalue weighted by atomic mass is 35.5. The van der Waals surface area contributed by atoms with E-state index >= 15 is 0 Å². The maximum absolute atomic E-state index is 13.9. The molecule has 0 radical (unpaired) electrons. The molecule has 0 N–H and O–H groups in total. The number of carbonyl (C=O) groups is 1. The zero-order valence-electron chi connectivity index (χ0n) is 13.4. The van der Waals surface area contributed by atoms with Crippen LogP contribution in [0.2, 0.25) is 5.02 Å². The summed E-state index contributed by atoms with van der Waals surface area (Å²) in [6, 6.07) is 5.67. The molecular weight excluding hydrogens is 357 g/mol. The van der Waals surface area contributed by atoms with Crippen molar-refractivity contribution in [1.29, 1.82) is 0 Å². The van der Waals surface area contributed by atoms with E-state index in [0.29, 0.717) is 5.75 Å². The molecule has 0 aliphatic heterocycles. The van der Waals surface area contributed by atoms with Gasteiger partial charge in [0.15, 0.2) is 29.3 Å². The molecule has 0 aromatic heterocycles. The van der Waals surface area contributed by atoms with Gasteiger partial charge in [-0.25, -0.2) is 8.78 Å². The van der Waals surface area contributed by atoms with E-state index in [2.05, 4.69) is 6.58 Å². The lowest BCUT2D eigenvalue weighted by Gasteiger charge is -2.14. The summed E-state index contributed by atoms with van der Waals surface area (Å²) in [6.07, 6.45) is 0.421. The molecular formula is C18H14ClF3O3. The van der Waals surface area contributed by atoms with Crippen molar-refractivity contribution in [2.45, 2.75) is 20.0 Å². The van der Waals surface area contributed by atoms with Crippen LogP contribution in [0.25, 0.3) is 0 Å². The summed E-state index contributed by atoms with van der Waals surface area (Å²) in [7, 11) is 0. The molecule has 2 aromatic carbocycles. The van der Waals surface area contributed by atoms with Gasteiger partial charge in [-0.1, -0.05) is 18.2 Å². The molecule has 0 bridgehead atoms. The Morgan fingerprint density at radius 2 is 1.68 bits per heavy atom. The van der Waals surface area contributed by atoms with Gasteiger partial charge in [-0.2, -0.15) is 4.39 Å². The lowest BCUT2D eigenvalue weighted by Crippen LogP contribution is -2.21. The van der Waals surface area contributed by atoms with Crippen LogP contribution in [0.1, 0.15) is 12.5 Å². The van der Waals surface area contributed by atoms with Crippen molar-refractivity contribution in [3.8, 4) is 17.2 Å². The van der Waals surface area contributed by atoms with Gasteiger partial charge in [-0.3, -0.25) is 4.79 Å². The molecule has 2 aromatic rings. The number of ether oxygens (including phenoxy) is 2. The van der Waals surface area contributed by atoms with Crippen LogP contribution in [0, 0.1) is 24.4 Å². The third-order valence-electron chi connectivity index (χ3n) is 3.40. The largest absolute Gasteiger partial charge is 0.483 e. The molecule has 132 valence electrons. The molecule has 2 rings (SSSR count). The van der Waals surface area contributed by atoms with Gasteiger partial charge in [0.25, 0.3) is 0 Å². The van der Waals surface area contributed by atoms with Gasteiger partial charge in [-0.05, 0) is 44.2 Å². The monoisotopic (exact) mass is 370 g/mol. The number of hydrogen-bond donors (Lipinski definition) is 0. The van der Waals surface area contributed by atoms with Gasteiger partial charge in [0, 0.05) is 5.56 Å². The van der Waals surface area contributed by atoms with Gasteiger partial charge >= 0.3 is 0 Å². The Morgan fingerprint density at radius 3 is 2.24 bits per heavy atom. The average Bonchev–Trinajstić information content (AvgIpc) is 2.62. The number of ketones is 1. The molecule has 0 saturated heterocycles. The van der Waals surface area contributed by atoms with Crippen molar-refractivity contribution in [3.63, 3.8) is 0 Å². The van der Waals surface area contributed by atoms with Crippen LogP contribution in [0.4, 0.5) is 13.2 Å². The average molecular weight is 371 g/mol. The molecule has 1 atom stereocenters. The highest BCUT2D eigenvalue weighted by Gasteiger charge is 2.23. The van der Waals surface area contributed by atoms with Crippen LogP contribution < -0.4 is 9.47 Å². The molecule has 3 nitrogen and oxygen atoms in total. The number of hydrogen-bond acceptors (Lipinski definition) is 3. The second kappa shape index (κ2) is 7.61.